The Balaban J connectivity index is 1.47. The molecule has 0 aliphatic rings. The van der Waals surface area contributed by atoms with Gasteiger partial charge in [0.15, 0.2) is 11.0 Å². The Morgan fingerprint density at radius 1 is 1.15 bits per heavy atom. The summed E-state index contributed by atoms with van der Waals surface area (Å²) in [4.78, 5) is 12.3. The summed E-state index contributed by atoms with van der Waals surface area (Å²) in [6.07, 6.45) is 6.49. The number of thioether (sulfide) groups is 1. The highest BCUT2D eigenvalue weighted by atomic mass is 35.5. The lowest BCUT2D eigenvalue weighted by atomic mass is 10.1. The maximum Gasteiger partial charge on any atom is 0.250 e. The number of aryl methyl sites for hydroxylation is 1. The minimum Gasteiger partial charge on any atom is -0.465 e. The average molecular weight is 478 g/mol. The molecule has 2 aromatic carbocycles. The molecule has 0 saturated carbocycles. The molecule has 0 aliphatic carbocycles. The maximum atomic E-state index is 12.3. The van der Waals surface area contributed by atoms with Crippen LogP contribution in [0.3, 0.4) is 0 Å². The molecule has 0 unspecified atom stereocenters. The molecule has 0 saturated heterocycles. The van der Waals surface area contributed by atoms with Gasteiger partial charge < -0.3 is 4.42 Å². The molecule has 9 heteroatoms. The van der Waals surface area contributed by atoms with Crippen molar-refractivity contribution < 1.29 is 9.21 Å². The van der Waals surface area contributed by atoms with E-state index in [1.807, 2.05) is 66.1 Å². The molecule has 0 atom stereocenters. The Morgan fingerprint density at radius 3 is 2.67 bits per heavy atom. The Morgan fingerprint density at radius 2 is 1.94 bits per heavy atom. The van der Waals surface area contributed by atoms with E-state index in [9.17, 15) is 4.79 Å². The number of hydrazone groups is 1. The van der Waals surface area contributed by atoms with E-state index in [1.165, 1.54) is 18.0 Å². The van der Waals surface area contributed by atoms with Gasteiger partial charge in [-0.05, 0) is 55.5 Å². The van der Waals surface area contributed by atoms with Crippen LogP contribution in [0.15, 0.2) is 87.7 Å². The van der Waals surface area contributed by atoms with Crippen LogP contribution in [0.4, 0.5) is 0 Å². The topological polar surface area (TPSA) is 85.3 Å². The smallest absolute Gasteiger partial charge is 0.250 e. The summed E-state index contributed by atoms with van der Waals surface area (Å²) in [5.41, 5.74) is 5.43. The van der Waals surface area contributed by atoms with Gasteiger partial charge in [0.1, 0.15) is 5.76 Å². The van der Waals surface area contributed by atoms with Crippen LogP contribution in [0, 0.1) is 6.92 Å². The molecular weight excluding hydrogens is 458 g/mol. The normalized spacial score (nSPS) is 11.5. The number of allylic oxidation sites excluding steroid dienone is 1. The second kappa shape index (κ2) is 10.8. The number of halogens is 1. The van der Waals surface area contributed by atoms with E-state index < -0.39 is 0 Å². The van der Waals surface area contributed by atoms with Crippen molar-refractivity contribution in [1.29, 1.82) is 0 Å². The SMILES string of the molecule is Cc1ccc(-c2nnc(SCC(=O)N/N=C\C=C/c3ccco3)n2-c2ccc(Cl)cc2)cc1. The third-order valence-corrected chi connectivity index (χ3v) is 5.69. The molecule has 0 bridgehead atoms. The van der Waals surface area contributed by atoms with Gasteiger partial charge in [-0.3, -0.25) is 9.36 Å². The molecule has 0 fully saturated rings. The van der Waals surface area contributed by atoms with Crippen molar-refractivity contribution >= 4 is 41.6 Å². The summed E-state index contributed by atoms with van der Waals surface area (Å²) < 4.78 is 7.09. The van der Waals surface area contributed by atoms with E-state index in [0.29, 0.717) is 21.8 Å². The molecule has 4 rings (SSSR count). The summed E-state index contributed by atoms with van der Waals surface area (Å²) >= 11 is 7.34. The van der Waals surface area contributed by atoms with Crippen molar-refractivity contribution in [2.24, 2.45) is 5.10 Å². The number of nitrogens with zero attached hydrogens (tertiary/aromatic N) is 4. The first-order valence-electron chi connectivity index (χ1n) is 10.0. The number of carbonyl (C=O) groups excluding carboxylic acids is 1. The third-order valence-electron chi connectivity index (χ3n) is 4.51. The van der Waals surface area contributed by atoms with Crippen LogP contribution in [0.1, 0.15) is 11.3 Å². The Labute approximate surface area is 200 Å². The van der Waals surface area contributed by atoms with E-state index in [4.69, 9.17) is 16.0 Å². The van der Waals surface area contributed by atoms with Gasteiger partial charge in [-0.2, -0.15) is 5.10 Å². The van der Waals surface area contributed by atoms with E-state index in [1.54, 1.807) is 24.5 Å². The number of aromatic nitrogens is 3. The number of hydrogen-bond donors (Lipinski definition) is 1. The average Bonchev–Trinajstić information content (AvgIpc) is 3.49. The van der Waals surface area contributed by atoms with Crippen LogP contribution < -0.4 is 5.43 Å². The quantitative estimate of drug-likeness (QED) is 0.209. The van der Waals surface area contributed by atoms with Crippen molar-refractivity contribution in [3.05, 3.63) is 89.3 Å². The van der Waals surface area contributed by atoms with Crippen LogP contribution >= 0.6 is 23.4 Å². The monoisotopic (exact) mass is 477 g/mol. The maximum absolute atomic E-state index is 12.3. The summed E-state index contributed by atoms with van der Waals surface area (Å²) in [5.74, 6) is 1.25. The number of furan rings is 1. The summed E-state index contributed by atoms with van der Waals surface area (Å²) in [6.45, 7) is 2.03. The number of carbonyl (C=O) groups is 1. The molecule has 166 valence electrons. The zero-order valence-electron chi connectivity index (χ0n) is 17.7. The zero-order chi connectivity index (χ0) is 23.0. The summed E-state index contributed by atoms with van der Waals surface area (Å²) in [7, 11) is 0. The van der Waals surface area contributed by atoms with Crippen LogP contribution in [0.25, 0.3) is 23.2 Å². The minimum absolute atomic E-state index is 0.124. The lowest BCUT2D eigenvalue weighted by Crippen LogP contribution is -2.19. The van der Waals surface area contributed by atoms with E-state index >= 15 is 0 Å². The van der Waals surface area contributed by atoms with Crippen LogP contribution in [0.5, 0.6) is 0 Å². The number of rotatable bonds is 8. The fourth-order valence-corrected chi connectivity index (χ4v) is 3.78. The molecule has 4 aromatic rings. The molecule has 1 N–H and O–H groups in total. The summed E-state index contributed by atoms with van der Waals surface area (Å²) in [5, 5.41) is 13.8. The third kappa shape index (κ3) is 6.00. The molecule has 2 heterocycles. The largest absolute Gasteiger partial charge is 0.465 e. The molecule has 1 amide bonds. The first-order valence-corrected chi connectivity index (χ1v) is 11.4. The molecule has 33 heavy (non-hydrogen) atoms. The van der Waals surface area contributed by atoms with Gasteiger partial charge in [0.05, 0.1) is 12.0 Å². The van der Waals surface area contributed by atoms with Crippen molar-refractivity contribution in [1.82, 2.24) is 20.2 Å². The predicted octanol–water partition coefficient (Wildman–Crippen LogP) is 5.40. The standard InChI is InChI=1S/C24H20ClN5O2S/c1-17-6-8-18(9-7-17)23-28-29-24(30(23)20-12-10-19(25)11-13-20)33-16-22(31)27-26-14-2-4-21-5-3-15-32-21/h2-15H,16H2,1H3,(H,27,31)/b4-2-,26-14-. The highest BCUT2D eigenvalue weighted by molar-refractivity contribution is 7.99. The van der Waals surface area contributed by atoms with Crippen molar-refractivity contribution in [2.75, 3.05) is 5.75 Å². The molecule has 0 radical (unpaired) electrons. The highest BCUT2D eigenvalue weighted by Gasteiger charge is 2.17. The fraction of sp³-hybridized carbons (Fsp3) is 0.0833. The minimum atomic E-state index is -0.259. The van der Waals surface area contributed by atoms with Gasteiger partial charge in [0, 0.05) is 22.5 Å². The molecular formula is C24H20ClN5O2S. The zero-order valence-corrected chi connectivity index (χ0v) is 19.3. The molecule has 0 spiro atoms. The second-order valence-corrected chi connectivity index (χ2v) is 8.34. The highest BCUT2D eigenvalue weighted by Crippen LogP contribution is 2.28. The number of benzene rings is 2. The van der Waals surface area contributed by atoms with Gasteiger partial charge in [0.25, 0.3) is 5.91 Å². The molecule has 0 aliphatic heterocycles. The number of amides is 1. The Bertz CT molecular complexity index is 1260. The van der Waals surface area contributed by atoms with Crippen LogP contribution in [-0.2, 0) is 4.79 Å². The lowest BCUT2D eigenvalue weighted by molar-refractivity contribution is -0.118. The first-order chi connectivity index (χ1) is 16.1. The second-order valence-electron chi connectivity index (χ2n) is 6.96. The Kier molecular flexibility index (Phi) is 7.39. The molecule has 7 nitrogen and oxygen atoms in total. The predicted molar refractivity (Wildman–Crippen MR) is 132 cm³/mol. The van der Waals surface area contributed by atoms with Gasteiger partial charge in [0.2, 0.25) is 0 Å². The fourth-order valence-electron chi connectivity index (χ4n) is 2.91. The van der Waals surface area contributed by atoms with Gasteiger partial charge in [-0.15, -0.1) is 10.2 Å². The van der Waals surface area contributed by atoms with E-state index in [-0.39, 0.29) is 11.7 Å². The Hall–Kier alpha value is -3.62. The van der Waals surface area contributed by atoms with Gasteiger partial charge >= 0.3 is 0 Å². The summed E-state index contributed by atoms with van der Waals surface area (Å²) in [6, 6.07) is 19.1. The lowest BCUT2D eigenvalue weighted by Gasteiger charge is -2.10. The van der Waals surface area contributed by atoms with Gasteiger partial charge in [-0.25, -0.2) is 5.43 Å². The number of nitrogens with one attached hydrogen (secondary N) is 1. The van der Waals surface area contributed by atoms with E-state index in [2.05, 4.69) is 20.7 Å². The molecule has 2 aromatic heterocycles. The first kappa shape index (κ1) is 22.6. The van der Waals surface area contributed by atoms with Gasteiger partial charge in [-0.1, -0.05) is 53.2 Å². The van der Waals surface area contributed by atoms with E-state index in [0.717, 1.165) is 16.8 Å². The van der Waals surface area contributed by atoms with Crippen LogP contribution in [0.2, 0.25) is 5.02 Å². The van der Waals surface area contributed by atoms with Crippen molar-refractivity contribution in [2.45, 2.75) is 12.1 Å². The van der Waals surface area contributed by atoms with Crippen molar-refractivity contribution in [3.8, 4) is 17.1 Å². The van der Waals surface area contributed by atoms with Crippen LogP contribution in [-0.4, -0.2) is 32.6 Å². The van der Waals surface area contributed by atoms with Crippen molar-refractivity contribution in [3.63, 3.8) is 0 Å². The number of hydrogen-bond acceptors (Lipinski definition) is 6.